The molecule has 32 heavy (non-hydrogen) atoms. The first kappa shape index (κ1) is 23.8. The summed E-state index contributed by atoms with van der Waals surface area (Å²) in [7, 11) is 1.83. The Morgan fingerprint density at radius 3 is 2.50 bits per heavy atom. The molecular formula is C22H27F2N5O2S. The SMILES string of the molecule is CN=S(C)(/C=C/C(NC(=O)c1cnc(C(C)(F)F)nc1Oc1ccccc1)C1CC1)=NC. The third kappa shape index (κ3) is 6.09. The highest BCUT2D eigenvalue weighted by atomic mass is 32.2. The van der Waals surface area contributed by atoms with E-state index in [0.717, 1.165) is 19.0 Å². The van der Waals surface area contributed by atoms with Crippen molar-refractivity contribution in [3.63, 3.8) is 0 Å². The Hall–Kier alpha value is -2.88. The van der Waals surface area contributed by atoms with E-state index in [2.05, 4.69) is 24.0 Å². The topological polar surface area (TPSA) is 88.8 Å². The Labute approximate surface area is 187 Å². The van der Waals surface area contributed by atoms with Gasteiger partial charge >= 0.3 is 5.92 Å². The number of rotatable bonds is 8. The molecular weight excluding hydrogens is 436 g/mol. The summed E-state index contributed by atoms with van der Waals surface area (Å²) in [5.41, 5.74) is -0.0173. The van der Waals surface area contributed by atoms with E-state index in [9.17, 15) is 13.6 Å². The molecule has 0 spiro atoms. The molecule has 1 aromatic carbocycles. The molecule has 1 amide bonds. The zero-order valence-corrected chi connectivity index (χ0v) is 19.3. The van der Waals surface area contributed by atoms with Crippen LogP contribution in [0.2, 0.25) is 0 Å². The lowest BCUT2D eigenvalue weighted by molar-refractivity contribution is 0.00707. The molecule has 0 aliphatic heterocycles. The minimum atomic E-state index is -3.27. The molecule has 1 aromatic heterocycles. The Bertz CT molecular complexity index is 1100. The summed E-state index contributed by atoms with van der Waals surface area (Å²) in [5.74, 6) is -4.04. The highest BCUT2D eigenvalue weighted by Gasteiger charge is 2.33. The van der Waals surface area contributed by atoms with Crippen LogP contribution in [0.5, 0.6) is 11.6 Å². The van der Waals surface area contributed by atoms with Crippen molar-refractivity contribution in [3.05, 3.63) is 59.4 Å². The van der Waals surface area contributed by atoms with E-state index in [1.807, 2.05) is 17.7 Å². The molecule has 0 radical (unpaired) electrons. The van der Waals surface area contributed by atoms with Gasteiger partial charge in [0, 0.05) is 33.5 Å². The molecule has 2 aromatic rings. The second-order valence-electron chi connectivity index (χ2n) is 7.64. The normalized spacial score (nSPS) is 15.3. The first-order chi connectivity index (χ1) is 15.1. The van der Waals surface area contributed by atoms with Gasteiger partial charge in [-0.1, -0.05) is 24.3 Å². The number of ether oxygens (including phenoxy) is 1. The molecule has 1 unspecified atom stereocenters. The summed E-state index contributed by atoms with van der Waals surface area (Å²) in [4.78, 5) is 20.6. The molecule has 1 aliphatic carbocycles. The highest BCUT2D eigenvalue weighted by molar-refractivity contribution is 7.97. The summed E-state index contributed by atoms with van der Waals surface area (Å²) in [5, 5.41) is 4.88. The van der Waals surface area contributed by atoms with Crippen LogP contribution >= 0.6 is 0 Å². The number of carbonyl (C=O) groups is 1. The Morgan fingerprint density at radius 1 is 1.28 bits per heavy atom. The average molecular weight is 464 g/mol. The molecule has 1 N–H and O–H groups in total. The number of hydrogen-bond acceptors (Lipinski definition) is 6. The van der Waals surface area contributed by atoms with Crippen LogP contribution < -0.4 is 10.1 Å². The summed E-state index contributed by atoms with van der Waals surface area (Å²) in [6.07, 6.45) is 6.91. The number of halogens is 2. The lowest BCUT2D eigenvalue weighted by Crippen LogP contribution is -2.35. The van der Waals surface area contributed by atoms with Crippen molar-refractivity contribution >= 4 is 15.5 Å². The second kappa shape index (κ2) is 9.72. The number of nitrogens with one attached hydrogen (secondary N) is 1. The van der Waals surface area contributed by atoms with Gasteiger partial charge < -0.3 is 10.1 Å². The van der Waals surface area contributed by atoms with Gasteiger partial charge in [-0.3, -0.25) is 13.5 Å². The van der Waals surface area contributed by atoms with Crippen molar-refractivity contribution in [2.45, 2.75) is 31.7 Å². The maximum absolute atomic E-state index is 13.8. The predicted molar refractivity (Wildman–Crippen MR) is 121 cm³/mol. The maximum atomic E-state index is 13.8. The maximum Gasteiger partial charge on any atom is 0.303 e. The second-order valence-corrected chi connectivity index (χ2v) is 10.4. The largest absolute Gasteiger partial charge is 0.438 e. The number of amides is 1. The molecule has 1 heterocycles. The third-order valence-electron chi connectivity index (χ3n) is 5.06. The van der Waals surface area contributed by atoms with Crippen molar-refractivity contribution < 1.29 is 18.3 Å². The zero-order chi connectivity index (χ0) is 23.4. The molecule has 1 fully saturated rings. The molecule has 172 valence electrons. The van der Waals surface area contributed by atoms with Gasteiger partial charge in [0.2, 0.25) is 11.7 Å². The van der Waals surface area contributed by atoms with Crippen LogP contribution in [-0.2, 0) is 15.5 Å². The Balaban J connectivity index is 1.91. The van der Waals surface area contributed by atoms with Crippen LogP contribution in [-0.4, -0.2) is 42.3 Å². The first-order valence-corrected chi connectivity index (χ1v) is 12.1. The monoisotopic (exact) mass is 463 g/mol. The number of aromatic nitrogens is 2. The molecule has 1 saturated carbocycles. The number of para-hydroxylation sites is 1. The number of benzene rings is 1. The van der Waals surface area contributed by atoms with Gasteiger partial charge in [-0.15, -0.1) is 0 Å². The molecule has 1 atom stereocenters. The van der Waals surface area contributed by atoms with Crippen LogP contribution in [0.25, 0.3) is 0 Å². The Morgan fingerprint density at radius 2 is 1.94 bits per heavy atom. The van der Waals surface area contributed by atoms with Crippen molar-refractivity contribution in [2.75, 3.05) is 20.4 Å². The Kier molecular flexibility index (Phi) is 7.22. The van der Waals surface area contributed by atoms with Crippen LogP contribution in [0, 0.1) is 5.92 Å². The number of nitrogens with zero attached hydrogens (tertiary/aromatic N) is 4. The van der Waals surface area contributed by atoms with E-state index in [1.54, 1.807) is 44.4 Å². The number of hydrogen-bond donors (Lipinski definition) is 1. The molecule has 0 saturated heterocycles. The molecule has 7 nitrogen and oxygen atoms in total. The lowest BCUT2D eigenvalue weighted by Gasteiger charge is -2.17. The average Bonchev–Trinajstić information content (AvgIpc) is 3.61. The fraction of sp³-hybridized carbons (Fsp3) is 0.409. The molecule has 1 aliphatic rings. The predicted octanol–water partition coefficient (Wildman–Crippen LogP) is 4.81. The van der Waals surface area contributed by atoms with E-state index in [4.69, 9.17) is 4.74 Å². The fourth-order valence-corrected chi connectivity index (χ4v) is 3.73. The van der Waals surface area contributed by atoms with Crippen LogP contribution in [0.1, 0.15) is 35.9 Å². The lowest BCUT2D eigenvalue weighted by atomic mass is 10.1. The van der Waals surface area contributed by atoms with Crippen LogP contribution in [0.15, 0.2) is 56.7 Å². The first-order valence-electron chi connectivity index (χ1n) is 10.1. The van der Waals surface area contributed by atoms with E-state index in [1.165, 1.54) is 0 Å². The third-order valence-corrected chi connectivity index (χ3v) is 7.21. The van der Waals surface area contributed by atoms with Crippen molar-refractivity contribution in [3.8, 4) is 11.6 Å². The standard InChI is InChI=1S/C22H27F2N5O2S/c1-22(23,24)21-27-14-17(20(29-21)31-16-8-6-5-7-9-16)19(30)28-18(15-10-11-15)12-13-32(4,25-2)26-3/h5-9,12-15,18H,10-11H2,1-4H3,(H,28,30)/b13-12+. The van der Waals surface area contributed by atoms with Gasteiger partial charge in [-0.05, 0) is 45.9 Å². The summed E-state index contributed by atoms with van der Waals surface area (Å²) >= 11 is 0. The van der Waals surface area contributed by atoms with E-state index < -0.39 is 27.3 Å². The van der Waals surface area contributed by atoms with Crippen molar-refractivity contribution in [2.24, 2.45) is 14.6 Å². The summed E-state index contributed by atoms with van der Waals surface area (Å²) < 4.78 is 41.9. The quantitative estimate of drug-likeness (QED) is 0.608. The number of alkyl halides is 2. The molecule has 0 bridgehead atoms. The van der Waals surface area contributed by atoms with Crippen molar-refractivity contribution in [1.29, 1.82) is 0 Å². The van der Waals surface area contributed by atoms with E-state index in [0.29, 0.717) is 18.6 Å². The summed E-state index contributed by atoms with van der Waals surface area (Å²) in [6.45, 7) is 0.694. The minimum Gasteiger partial charge on any atom is -0.438 e. The number of carbonyl (C=O) groups excluding carboxylic acids is 1. The van der Waals surface area contributed by atoms with E-state index in [-0.39, 0.29) is 17.5 Å². The van der Waals surface area contributed by atoms with Gasteiger partial charge in [0.05, 0.1) is 6.04 Å². The van der Waals surface area contributed by atoms with E-state index >= 15 is 0 Å². The minimum absolute atomic E-state index is 0.0173. The van der Waals surface area contributed by atoms with Gasteiger partial charge in [-0.2, -0.15) is 13.8 Å². The van der Waals surface area contributed by atoms with Gasteiger partial charge in [0.25, 0.3) is 5.91 Å². The van der Waals surface area contributed by atoms with Crippen LogP contribution in [0.4, 0.5) is 8.78 Å². The summed E-state index contributed by atoms with van der Waals surface area (Å²) in [6, 6.07) is 8.31. The smallest absolute Gasteiger partial charge is 0.303 e. The zero-order valence-electron chi connectivity index (χ0n) is 18.5. The highest BCUT2D eigenvalue weighted by Crippen LogP contribution is 2.34. The fourth-order valence-electron chi connectivity index (χ4n) is 2.86. The van der Waals surface area contributed by atoms with Gasteiger partial charge in [0.15, 0.2) is 0 Å². The van der Waals surface area contributed by atoms with Crippen LogP contribution in [0.3, 0.4) is 0 Å². The van der Waals surface area contributed by atoms with Crippen molar-refractivity contribution in [1.82, 2.24) is 15.3 Å². The molecule has 10 heteroatoms. The molecule has 3 rings (SSSR count). The van der Waals surface area contributed by atoms with Gasteiger partial charge in [-0.25, -0.2) is 4.98 Å². The van der Waals surface area contributed by atoms with Gasteiger partial charge in [0.1, 0.15) is 11.3 Å².